The van der Waals surface area contributed by atoms with E-state index in [2.05, 4.69) is 20.1 Å². The van der Waals surface area contributed by atoms with Crippen molar-refractivity contribution < 1.29 is 37.6 Å². The van der Waals surface area contributed by atoms with Gasteiger partial charge in [0, 0.05) is 23.5 Å². The van der Waals surface area contributed by atoms with E-state index in [1.165, 1.54) is 32.3 Å². The maximum atomic E-state index is 16.0. The lowest BCUT2D eigenvalue weighted by Crippen LogP contribution is -2.31. The molecule has 238 valence electrons. The highest BCUT2D eigenvalue weighted by Crippen LogP contribution is 2.35. The number of benzene rings is 2. The fourth-order valence-corrected chi connectivity index (χ4v) is 4.17. The number of alkyl halides is 1. The third-order valence-electron chi connectivity index (χ3n) is 6.33. The van der Waals surface area contributed by atoms with E-state index in [0.717, 1.165) is 10.2 Å². The molecule has 4 rings (SSSR count). The number of hydrogen-bond donors (Lipinski definition) is 3. The third-order valence-corrected chi connectivity index (χ3v) is 6.33. The van der Waals surface area contributed by atoms with Crippen LogP contribution in [0.15, 0.2) is 54.9 Å². The first-order chi connectivity index (χ1) is 21.5. The number of carbonyl (C=O) groups excluding carboxylic acids is 1. The van der Waals surface area contributed by atoms with Crippen LogP contribution in [0.2, 0.25) is 0 Å². The van der Waals surface area contributed by atoms with Crippen molar-refractivity contribution in [2.75, 3.05) is 26.7 Å². The fraction of sp³-hybridized carbons (Fsp3) is 0.333. The van der Waals surface area contributed by atoms with Crippen molar-refractivity contribution in [3.8, 4) is 17.7 Å². The molecule has 0 aliphatic rings. The summed E-state index contributed by atoms with van der Waals surface area (Å²) in [5, 5.41) is 21.5. The SMILES string of the molecule is Cc1cc(OCCO)c(F)c([C@@H](Cc2ccc(C(=N)N)cc2)c2nc(OCOC(=O)OC(C)(C)CF)n(-c3ncccn3)n2)c1. The molecular formula is C30H33F2N7O6. The number of aliphatic hydroxyl groups excluding tert-OH is 1. The summed E-state index contributed by atoms with van der Waals surface area (Å²) in [5.41, 5.74) is 6.36. The number of aryl methyl sites for hydroxylation is 1. The summed E-state index contributed by atoms with van der Waals surface area (Å²) in [6.07, 6.45) is 1.97. The molecule has 4 aromatic rings. The van der Waals surface area contributed by atoms with Crippen molar-refractivity contribution in [3.63, 3.8) is 0 Å². The average molecular weight is 626 g/mol. The number of nitrogens with two attached hydrogens (primary N) is 1. The van der Waals surface area contributed by atoms with Crippen LogP contribution in [0.4, 0.5) is 13.6 Å². The zero-order chi connectivity index (χ0) is 32.6. The summed E-state index contributed by atoms with van der Waals surface area (Å²) < 4.78 is 51.2. The number of hydrogen-bond acceptors (Lipinski definition) is 11. The summed E-state index contributed by atoms with van der Waals surface area (Å²) in [7, 11) is 0. The highest BCUT2D eigenvalue weighted by atomic mass is 19.1. The van der Waals surface area contributed by atoms with Crippen molar-refractivity contribution in [1.29, 1.82) is 5.41 Å². The number of aromatic nitrogens is 5. The largest absolute Gasteiger partial charge is 0.511 e. The van der Waals surface area contributed by atoms with Gasteiger partial charge in [-0.15, -0.1) is 9.78 Å². The molecule has 4 N–H and O–H groups in total. The molecule has 13 nitrogen and oxygen atoms in total. The number of halogens is 2. The molecule has 0 bridgehead atoms. The summed E-state index contributed by atoms with van der Waals surface area (Å²) >= 11 is 0. The van der Waals surface area contributed by atoms with E-state index in [0.29, 0.717) is 11.1 Å². The molecule has 45 heavy (non-hydrogen) atoms. The quantitative estimate of drug-likeness (QED) is 0.0803. The predicted molar refractivity (Wildman–Crippen MR) is 157 cm³/mol. The Hall–Kier alpha value is -5.18. The molecule has 0 radical (unpaired) electrons. The zero-order valence-electron chi connectivity index (χ0n) is 24.9. The monoisotopic (exact) mass is 625 g/mol. The first kappa shape index (κ1) is 32.7. The van der Waals surface area contributed by atoms with Gasteiger partial charge in [-0.25, -0.2) is 23.5 Å². The topological polar surface area (TPSA) is 181 Å². The highest BCUT2D eigenvalue weighted by Gasteiger charge is 2.29. The molecule has 0 unspecified atom stereocenters. The maximum absolute atomic E-state index is 16.0. The first-order valence-electron chi connectivity index (χ1n) is 13.8. The fourth-order valence-electron chi connectivity index (χ4n) is 4.17. The Morgan fingerprint density at radius 3 is 2.51 bits per heavy atom. The summed E-state index contributed by atoms with van der Waals surface area (Å²) in [5.74, 6) is -1.48. The highest BCUT2D eigenvalue weighted by molar-refractivity contribution is 5.94. The summed E-state index contributed by atoms with van der Waals surface area (Å²) in [6, 6.07) is 11.4. The Balaban J connectivity index is 1.75. The Kier molecular flexibility index (Phi) is 10.6. The molecule has 15 heteroatoms. The van der Waals surface area contributed by atoms with Crippen molar-refractivity contribution in [2.24, 2.45) is 5.73 Å². The second-order valence-electron chi connectivity index (χ2n) is 10.5. The van der Waals surface area contributed by atoms with Gasteiger partial charge in [0.25, 0.3) is 5.95 Å². The molecule has 0 aliphatic carbocycles. The minimum atomic E-state index is -1.39. The van der Waals surface area contributed by atoms with Crippen LogP contribution in [0.3, 0.4) is 0 Å². The number of amidine groups is 1. The minimum absolute atomic E-state index is 0.0543. The number of nitrogens with one attached hydrogen (secondary N) is 1. The normalized spacial score (nSPS) is 12.0. The number of rotatable bonds is 14. The van der Waals surface area contributed by atoms with Gasteiger partial charge in [-0.1, -0.05) is 30.3 Å². The van der Waals surface area contributed by atoms with Gasteiger partial charge in [0.05, 0.1) is 12.5 Å². The second kappa shape index (κ2) is 14.5. The van der Waals surface area contributed by atoms with Gasteiger partial charge in [-0.2, -0.15) is 4.98 Å². The van der Waals surface area contributed by atoms with Gasteiger partial charge in [0.15, 0.2) is 17.4 Å². The molecule has 0 amide bonds. The van der Waals surface area contributed by atoms with Crippen LogP contribution in [0, 0.1) is 18.2 Å². The summed E-state index contributed by atoms with van der Waals surface area (Å²) in [6.45, 7) is 2.50. The molecule has 1 atom stereocenters. The molecule has 0 aliphatic heterocycles. The number of carbonyl (C=O) groups is 1. The van der Waals surface area contributed by atoms with Crippen LogP contribution in [-0.4, -0.2) is 74.1 Å². The van der Waals surface area contributed by atoms with Crippen LogP contribution < -0.4 is 15.2 Å². The van der Waals surface area contributed by atoms with Gasteiger partial charge < -0.3 is 29.8 Å². The van der Waals surface area contributed by atoms with E-state index in [1.807, 2.05) is 0 Å². The Labute approximate surface area is 257 Å². The third kappa shape index (κ3) is 8.47. The summed E-state index contributed by atoms with van der Waals surface area (Å²) in [4.78, 5) is 25.0. The maximum Gasteiger partial charge on any atom is 0.511 e. The van der Waals surface area contributed by atoms with Crippen LogP contribution >= 0.6 is 0 Å². The van der Waals surface area contributed by atoms with E-state index >= 15 is 4.39 Å². The molecule has 0 spiro atoms. The Morgan fingerprint density at radius 2 is 1.87 bits per heavy atom. The van der Waals surface area contributed by atoms with E-state index in [9.17, 15) is 14.3 Å². The molecule has 2 aromatic heterocycles. The predicted octanol–water partition coefficient (Wildman–Crippen LogP) is 3.77. The van der Waals surface area contributed by atoms with Gasteiger partial charge in [0.1, 0.15) is 24.7 Å². The molecule has 2 heterocycles. The smallest absolute Gasteiger partial charge is 0.488 e. The van der Waals surface area contributed by atoms with Gasteiger partial charge in [-0.3, -0.25) is 5.41 Å². The van der Waals surface area contributed by atoms with Crippen molar-refractivity contribution in [2.45, 2.75) is 38.7 Å². The lowest BCUT2D eigenvalue weighted by Gasteiger charge is -2.20. The van der Waals surface area contributed by atoms with E-state index in [4.69, 9.17) is 30.1 Å². The molecule has 0 fully saturated rings. The van der Waals surface area contributed by atoms with E-state index < -0.39 is 37.0 Å². The van der Waals surface area contributed by atoms with Gasteiger partial charge in [-0.05, 0) is 50.5 Å². The van der Waals surface area contributed by atoms with E-state index in [1.54, 1.807) is 43.3 Å². The first-order valence-corrected chi connectivity index (χ1v) is 13.8. The number of ether oxygens (including phenoxy) is 4. The minimum Gasteiger partial charge on any atom is -0.488 e. The molecular weight excluding hydrogens is 592 g/mol. The van der Waals surface area contributed by atoms with E-state index in [-0.39, 0.29) is 54.6 Å². The molecule has 2 aromatic carbocycles. The number of nitrogens with zero attached hydrogens (tertiary/aromatic N) is 5. The Morgan fingerprint density at radius 1 is 1.16 bits per heavy atom. The van der Waals surface area contributed by atoms with Crippen molar-refractivity contribution in [1.82, 2.24) is 24.7 Å². The van der Waals surface area contributed by atoms with Gasteiger partial charge in [0.2, 0.25) is 6.79 Å². The lowest BCUT2D eigenvalue weighted by molar-refractivity contribution is -0.0520. The number of aliphatic hydroxyl groups is 1. The standard InChI is InChI=1S/C30H33F2N7O6/c1-18-13-21(24(32)23(14-18)42-12-11-40)22(15-19-5-7-20(8-6-19)25(33)34)26-37-28(39(38-26)27-35-9-4-10-36-27)43-17-44-29(41)45-30(2,3)16-31/h4-10,13-14,22,40H,11-12,15-17H2,1-3H3,(H3,33,34)/t22-/m1/s1. The zero-order valence-corrected chi connectivity index (χ0v) is 24.9. The van der Waals surface area contributed by atoms with Crippen LogP contribution in [0.1, 0.15) is 47.8 Å². The van der Waals surface area contributed by atoms with Crippen molar-refractivity contribution >= 4 is 12.0 Å². The van der Waals surface area contributed by atoms with Crippen LogP contribution in [0.5, 0.6) is 11.8 Å². The molecule has 0 saturated heterocycles. The lowest BCUT2D eigenvalue weighted by atomic mass is 9.89. The second-order valence-corrected chi connectivity index (χ2v) is 10.5. The van der Waals surface area contributed by atoms with Crippen LogP contribution in [-0.2, 0) is 15.9 Å². The van der Waals surface area contributed by atoms with Crippen molar-refractivity contribution in [3.05, 3.63) is 88.8 Å². The van der Waals surface area contributed by atoms with Gasteiger partial charge >= 0.3 is 12.2 Å². The average Bonchev–Trinajstić information content (AvgIpc) is 3.44. The molecule has 0 saturated carbocycles. The number of nitrogen functional groups attached to an aromatic ring is 1. The Bertz CT molecular complexity index is 1620. The van der Waals surface area contributed by atoms with Crippen LogP contribution in [0.25, 0.3) is 5.95 Å².